The van der Waals surface area contributed by atoms with Crippen molar-refractivity contribution < 1.29 is 9.18 Å². The summed E-state index contributed by atoms with van der Waals surface area (Å²) in [6, 6.07) is 10.0. The average molecular weight is 351 g/mol. The van der Waals surface area contributed by atoms with Gasteiger partial charge in [0.2, 0.25) is 0 Å². The van der Waals surface area contributed by atoms with Crippen molar-refractivity contribution in [1.29, 1.82) is 0 Å². The monoisotopic (exact) mass is 351 g/mol. The molecule has 0 radical (unpaired) electrons. The van der Waals surface area contributed by atoms with Crippen LogP contribution in [0.1, 0.15) is 5.69 Å². The van der Waals surface area contributed by atoms with Crippen LogP contribution in [0, 0.1) is 5.82 Å². The highest BCUT2D eigenvalue weighted by atomic mass is 19.1. The third-order valence-corrected chi connectivity index (χ3v) is 4.57. The summed E-state index contributed by atoms with van der Waals surface area (Å²) in [7, 11) is 1.63. The van der Waals surface area contributed by atoms with Crippen molar-refractivity contribution in [2.75, 3.05) is 13.6 Å². The van der Waals surface area contributed by atoms with Crippen molar-refractivity contribution >= 4 is 6.03 Å². The molecule has 132 valence electrons. The Hall–Kier alpha value is -3.22. The van der Waals surface area contributed by atoms with Gasteiger partial charge in [0.25, 0.3) is 0 Å². The summed E-state index contributed by atoms with van der Waals surface area (Å²) in [5, 5.41) is 7.44. The van der Waals surface area contributed by atoms with Crippen LogP contribution < -0.4 is 5.32 Å². The van der Waals surface area contributed by atoms with Crippen molar-refractivity contribution in [1.82, 2.24) is 25.0 Å². The number of halogens is 1. The van der Waals surface area contributed by atoms with Crippen LogP contribution in [0.5, 0.6) is 0 Å². The molecule has 0 aliphatic carbocycles. The molecule has 3 heterocycles. The molecule has 1 N–H and O–H groups in total. The van der Waals surface area contributed by atoms with E-state index in [9.17, 15) is 9.18 Å². The number of nitrogens with zero attached hydrogens (tertiary/aromatic N) is 4. The number of amides is 2. The maximum Gasteiger partial charge on any atom is 0.317 e. The Kier molecular flexibility index (Phi) is 4.12. The third-order valence-electron chi connectivity index (χ3n) is 4.57. The highest BCUT2D eigenvalue weighted by Gasteiger charge is 2.27. The van der Waals surface area contributed by atoms with Gasteiger partial charge in [-0.3, -0.25) is 9.67 Å². The first-order valence-electron chi connectivity index (χ1n) is 8.40. The Morgan fingerprint density at radius 3 is 2.50 bits per heavy atom. The van der Waals surface area contributed by atoms with Gasteiger partial charge in [0, 0.05) is 37.1 Å². The van der Waals surface area contributed by atoms with Crippen molar-refractivity contribution in [2.45, 2.75) is 13.1 Å². The van der Waals surface area contributed by atoms with Crippen molar-refractivity contribution in [3.8, 4) is 22.4 Å². The molecular weight excluding hydrogens is 333 g/mol. The molecule has 2 amide bonds. The van der Waals surface area contributed by atoms with Crippen molar-refractivity contribution in [3.63, 3.8) is 0 Å². The second-order valence-corrected chi connectivity index (χ2v) is 6.11. The molecule has 3 aromatic rings. The number of carbonyl (C=O) groups is 1. The Balaban J connectivity index is 1.87. The maximum atomic E-state index is 13.3. The summed E-state index contributed by atoms with van der Waals surface area (Å²) >= 11 is 0. The number of carbonyl (C=O) groups excluding carboxylic acids is 1. The van der Waals surface area contributed by atoms with Crippen LogP contribution >= 0.6 is 0 Å². The van der Waals surface area contributed by atoms with E-state index in [1.807, 2.05) is 16.8 Å². The lowest BCUT2D eigenvalue weighted by molar-refractivity contribution is 0.183. The lowest BCUT2D eigenvalue weighted by atomic mass is 9.99. The van der Waals surface area contributed by atoms with Gasteiger partial charge in [-0.1, -0.05) is 0 Å². The first kappa shape index (κ1) is 16.3. The molecule has 26 heavy (non-hydrogen) atoms. The fourth-order valence-corrected chi connectivity index (χ4v) is 3.28. The Labute approximate surface area is 150 Å². The summed E-state index contributed by atoms with van der Waals surface area (Å²) in [5.41, 5.74) is 4.51. The fourth-order valence-electron chi connectivity index (χ4n) is 3.28. The number of rotatable bonds is 2. The van der Waals surface area contributed by atoms with Gasteiger partial charge in [-0.25, -0.2) is 9.18 Å². The van der Waals surface area contributed by atoms with E-state index < -0.39 is 0 Å². The zero-order chi connectivity index (χ0) is 18.1. The van der Waals surface area contributed by atoms with Gasteiger partial charge in [-0.2, -0.15) is 5.10 Å². The predicted octanol–water partition coefficient (Wildman–Crippen LogP) is 2.91. The number of hydrogen-bond donors (Lipinski definition) is 1. The lowest BCUT2D eigenvalue weighted by Gasteiger charge is -2.28. The number of nitrogens with one attached hydrogen (secondary N) is 1. The topological polar surface area (TPSA) is 63.1 Å². The van der Waals surface area contributed by atoms with Gasteiger partial charge in [-0.05, 0) is 42.0 Å². The second-order valence-electron chi connectivity index (χ2n) is 6.11. The van der Waals surface area contributed by atoms with Crippen LogP contribution in [-0.2, 0) is 13.1 Å². The van der Waals surface area contributed by atoms with E-state index in [1.165, 1.54) is 12.1 Å². The summed E-state index contributed by atoms with van der Waals surface area (Å²) in [4.78, 5) is 17.9. The molecule has 1 aliphatic heterocycles. The quantitative estimate of drug-likeness (QED) is 0.772. The third kappa shape index (κ3) is 2.81. The van der Waals surface area contributed by atoms with E-state index in [0.717, 1.165) is 28.1 Å². The number of benzene rings is 1. The van der Waals surface area contributed by atoms with E-state index in [0.29, 0.717) is 19.6 Å². The number of urea groups is 1. The van der Waals surface area contributed by atoms with Gasteiger partial charge >= 0.3 is 6.03 Å². The number of pyridine rings is 1. The largest absolute Gasteiger partial charge is 0.341 e. The van der Waals surface area contributed by atoms with Crippen LogP contribution in [0.2, 0.25) is 0 Å². The number of aromatic nitrogens is 3. The van der Waals surface area contributed by atoms with Crippen LogP contribution in [0.4, 0.5) is 9.18 Å². The molecule has 0 saturated heterocycles. The molecule has 0 saturated carbocycles. The minimum atomic E-state index is -0.283. The molecule has 7 heteroatoms. The molecular formula is C19H18FN5O. The molecule has 0 fully saturated rings. The SMILES string of the molecule is CNC(=O)N1CCn2nc(-c3ccc(F)cc3)c(-c3ccncc3)c2C1. The first-order valence-corrected chi connectivity index (χ1v) is 8.40. The normalized spacial score (nSPS) is 13.4. The van der Waals surface area contributed by atoms with E-state index in [2.05, 4.69) is 10.3 Å². The average Bonchev–Trinajstić information content (AvgIpc) is 3.07. The second kappa shape index (κ2) is 6.59. The predicted molar refractivity (Wildman–Crippen MR) is 95.7 cm³/mol. The van der Waals surface area contributed by atoms with Crippen molar-refractivity contribution in [2.24, 2.45) is 0 Å². The first-order chi connectivity index (χ1) is 12.7. The Bertz CT molecular complexity index is 937. The fraction of sp³-hybridized carbons (Fsp3) is 0.211. The summed E-state index contributed by atoms with van der Waals surface area (Å²) in [6.07, 6.45) is 3.46. The van der Waals surface area contributed by atoms with Crippen LogP contribution in [0.15, 0.2) is 48.8 Å². The molecule has 0 spiro atoms. The van der Waals surface area contributed by atoms with E-state index in [1.54, 1.807) is 36.5 Å². The molecule has 1 aromatic carbocycles. The lowest BCUT2D eigenvalue weighted by Crippen LogP contribution is -2.43. The molecule has 2 aromatic heterocycles. The van der Waals surface area contributed by atoms with Crippen molar-refractivity contribution in [3.05, 3.63) is 60.3 Å². The van der Waals surface area contributed by atoms with E-state index in [4.69, 9.17) is 5.10 Å². The molecule has 4 rings (SSSR count). The minimum absolute atomic E-state index is 0.110. The van der Waals surface area contributed by atoms with Gasteiger partial charge in [0.1, 0.15) is 11.5 Å². The number of fused-ring (bicyclic) bond motifs is 1. The standard InChI is InChI=1S/C19H18FN5O/c1-21-19(26)24-10-11-25-16(12-24)17(13-6-8-22-9-7-13)18(23-25)14-2-4-15(20)5-3-14/h2-9H,10-12H2,1H3,(H,21,26). The maximum absolute atomic E-state index is 13.3. The molecule has 0 unspecified atom stereocenters. The highest BCUT2D eigenvalue weighted by molar-refractivity contribution is 5.83. The minimum Gasteiger partial charge on any atom is -0.341 e. The van der Waals surface area contributed by atoms with Crippen LogP contribution in [0.25, 0.3) is 22.4 Å². The summed E-state index contributed by atoms with van der Waals surface area (Å²) in [5.74, 6) is -0.283. The molecule has 0 atom stereocenters. The van der Waals surface area contributed by atoms with E-state index >= 15 is 0 Å². The number of hydrogen-bond acceptors (Lipinski definition) is 3. The Morgan fingerprint density at radius 2 is 1.81 bits per heavy atom. The van der Waals surface area contributed by atoms with Crippen LogP contribution in [0.3, 0.4) is 0 Å². The van der Waals surface area contributed by atoms with E-state index in [-0.39, 0.29) is 11.8 Å². The van der Waals surface area contributed by atoms with Crippen LogP contribution in [-0.4, -0.2) is 39.3 Å². The molecule has 6 nitrogen and oxygen atoms in total. The zero-order valence-corrected chi connectivity index (χ0v) is 14.3. The van der Waals surface area contributed by atoms with Gasteiger partial charge < -0.3 is 10.2 Å². The van der Waals surface area contributed by atoms with Gasteiger partial charge in [-0.15, -0.1) is 0 Å². The summed E-state index contributed by atoms with van der Waals surface area (Å²) < 4.78 is 15.3. The van der Waals surface area contributed by atoms with Gasteiger partial charge in [0.05, 0.1) is 18.8 Å². The highest BCUT2D eigenvalue weighted by Crippen LogP contribution is 2.36. The molecule has 0 bridgehead atoms. The zero-order valence-electron chi connectivity index (χ0n) is 14.3. The molecule has 1 aliphatic rings. The smallest absolute Gasteiger partial charge is 0.317 e. The summed E-state index contributed by atoms with van der Waals surface area (Å²) in [6.45, 7) is 1.67. The van der Waals surface area contributed by atoms with Gasteiger partial charge in [0.15, 0.2) is 0 Å². The Morgan fingerprint density at radius 1 is 1.08 bits per heavy atom.